The van der Waals surface area contributed by atoms with Gasteiger partial charge >= 0.3 is 0 Å². The molecule has 3 rings (SSSR count). The van der Waals surface area contributed by atoms with Crippen molar-refractivity contribution in [3.63, 3.8) is 0 Å². The Morgan fingerprint density at radius 3 is 2.50 bits per heavy atom. The van der Waals surface area contributed by atoms with E-state index in [1.165, 1.54) is 0 Å². The van der Waals surface area contributed by atoms with Crippen LogP contribution in [-0.2, 0) is 0 Å². The Balaban J connectivity index is 2.03. The molecule has 0 aliphatic rings. The van der Waals surface area contributed by atoms with E-state index in [-0.39, 0.29) is 5.75 Å². The molecular weight excluding hydrogens is 252 g/mol. The smallest absolute Gasteiger partial charge is 0.182 e. The Labute approximate surface area is 116 Å². The number of hydrogen-bond donors (Lipinski definition) is 1. The highest BCUT2D eigenvalue weighted by atomic mass is 16.3. The van der Waals surface area contributed by atoms with Crippen molar-refractivity contribution < 1.29 is 5.11 Å². The summed E-state index contributed by atoms with van der Waals surface area (Å²) in [6.45, 7) is 3.93. The Hall–Kier alpha value is -2.69. The van der Waals surface area contributed by atoms with Crippen LogP contribution in [0.1, 0.15) is 11.3 Å². The van der Waals surface area contributed by atoms with Gasteiger partial charge in [0.15, 0.2) is 5.82 Å². The van der Waals surface area contributed by atoms with Gasteiger partial charge in [0.05, 0.1) is 11.4 Å². The SMILES string of the molecule is Cc1ccc2nc(C)c(N=Nc3ccc(O)cc3)n2c1. The van der Waals surface area contributed by atoms with Gasteiger partial charge in [0.25, 0.3) is 0 Å². The van der Waals surface area contributed by atoms with Crippen LogP contribution in [0.2, 0.25) is 0 Å². The van der Waals surface area contributed by atoms with Gasteiger partial charge in [-0.15, -0.1) is 10.2 Å². The zero-order chi connectivity index (χ0) is 14.1. The summed E-state index contributed by atoms with van der Waals surface area (Å²) < 4.78 is 1.93. The molecule has 0 aliphatic carbocycles. The molecule has 20 heavy (non-hydrogen) atoms. The van der Waals surface area contributed by atoms with Gasteiger partial charge in [-0.05, 0) is 49.7 Å². The number of imidazole rings is 1. The molecule has 1 N–H and O–H groups in total. The molecule has 0 fully saturated rings. The van der Waals surface area contributed by atoms with Gasteiger partial charge in [-0.1, -0.05) is 6.07 Å². The Morgan fingerprint density at radius 1 is 1.00 bits per heavy atom. The zero-order valence-corrected chi connectivity index (χ0v) is 11.3. The van der Waals surface area contributed by atoms with E-state index in [0.29, 0.717) is 5.69 Å². The summed E-state index contributed by atoms with van der Waals surface area (Å²) in [5, 5.41) is 17.7. The van der Waals surface area contributed by atoms with Gasteiger partial charge in [-0.2, -0.15) is 0 Å². The topological polar surface area (TPSA) is 62.2 Å². The summed E-state index contributed by atoms with van der Waals surface area (Å²) in [5.74, 6) is 0.933. The summed E-state index contributed by atoms with van der Waals surface area (Å²) in [6, 6.07) is 10.6. The number of aromatic hydroxyl groups is 1. The number of phenolic OH excluding ortho intramolecular Hbond substituents is 1. The second-order valence-corrected chi connectivity index (χ2v) is 4.67. The lowest BCUT2D eigenvalue weighted by atomic mass is 10.3. The van der Waals surface area contributed by atoms with E-state index in [0.717, 1.165) is 22.7 Å². The fraction of sp³-hybridized carbons (Fsp3) is 0.133. The number of rotatable bonds is 2. The second kappa shape index (κ2) is 4.77. The summed E-state index contributed by atoms with van der Waals surface area (Å²) in [5.41, 5.74) is 3.51. The van der Waals surface area contributed by atoms with Gasteiger partial charge < -0.3 is 5.11 Å². The molecule has 0 aliphatic heterocycles. The first-order valence-corrected chi connectivity index (χ1v) is 6.29. The summed E-state index contributed by atoms with van der Waals surface area (Å²) in [6.07, 6.45) is 1.99. The van der Waals surface area contributed by atoms with Crippen molar-refractivity contribution in [3.05, 3.63) is 53.9 Å². The second-order valence-electron chi connectivity index (χ2n) is 4.67. The molecule has 0 saturated carbocycles. The van der Waals surface area contributed by atoms with Gasteiger partial charge in [-0.25, -0.2) is 4.98 Å². The van der Waals surface area contributed by atoms with Crippen molar-refractivity contribution in [3.8, 4) is 5.75 Å². The van der Waals surface area contributed by atoms with Crippen molar-refractivity contribution in [1.82, 2.24) is 9.38 Å². The number of benzene rings is 1. The number of aromatic nitrogens is 2. The molecule has 0 amide bonds. The van der Waals surface area contributed by atoms with Crippen LogP contribution in [0, 0.1) is 13.8 Å². The van der Waals surface area contributed by atoms with Crippen LogP contribution in [0.4, 0.5) is 11.5 Å². The Morgan fingerprint density at radius 2 is 1.75 bits per heavy atom. The molecule has 5 nitrogen and oxygen atoms in total. The average Bonchev–Trinajstić information content (AvgIpc) is 2.73. The minimum atomic E-state index is 0.213. The maximum absolute atomic E-state index is 9.24. The monoisotopic (exact) mass is 266 g/mol. The van der Waals surface area contributed by atoms with Crippen molar-refractivity contribution in [2.45, 2.75) is 13.8 Å². The molecule has 0 atom stereocenters. The fourth-order valence-corrected chi connectivity index (χ4v) is 2.00. The summed E-state index contributed by atoms with van der Waals surface area (Å²) >= 11 is 0. The number of hydrogen-bond acceptors (Lipinski definition) is 4. The predicted octanol–water partition coefficient (Wildman–Crippen LogP) is 4.07. The van der Waals surface area contributed by atoms with Crippen LogP contribution in [0.3, 0.4) is 0 Å². The standard InChI is InChI=1S/C15H14N4O/c1-10-3-8-14-16-11(2)15(19(14)9-10)18-17-12-4-6-13(20)7-5-12/h3-9,20H,1-2H3. The first kappa shape index (κ1) is 12.3. The third kappa shape index (κ3) is 2.25. The van der Waals surface area contributed by atoms with Crippen LogP contribution in [0.25, 0.3) is 5.65 Å². The third-order valence-electron chi connectivity index (χ3n) is 3.02. The van der Waals surface area contributed by atoms with Crippen molar-refractivity contribution in [1.29, 1.82) is 0 Å². The van der Waals surface area contributed by atoms with Crippen LogP contribution in [-0.4, -0.2) is 14.5 Å². The molecule has 100 valence electrons. The molecule has 2 aromatic heterocycles. The highest BCUT2D eigenvalue weighted by Gasteiger charge is 2.07. The number of nitrogens with zero attached hydrogens (tertiary/aromatic N) is 4. The zero-order valence-electron chi connectivity index (χ0n) is 11.3. The number of fused-ring (bicyclic) bond motifs is 1. The maximum atomic E-state index is 9.24. The molecule has 0 spiro atoms. The van der Waals surface area contributed by atoms with Crippen LogP contribution < -0.4 is 0 Å². The van der Waals surface area contributed by atoms with Gasteiger partial charge in [0, 0.05) is 6.20 Å². The molecule has 2 heterocycles. The van der Waals surface area contributed by atoms with Crippen LogP contribution >= 0.6 is 0 Å². The number of pyridine rings is 1. The van der Waals surface area contributed by atoms with E-state index in [1.54, 1.807) is 24.3 Å². The predicted molar refractivity (Wildman–Crippen MR) is 76.9 cm³/mol. The van der Waals surface area contributed by atoms with E-state index in [9.17, 15) is 5.11 Å². The molecular formula is C15H14N4O. The minimum Gasteiger partial charge on any atom is -0.508 e. The lowest BCUT2D eigenvalue weighted by Gasteiger charge is -1.98. The largest absolute Gasteiger partial charge is 0.508 e. The van der Waals surface area contributed by atoms with Crippen LogP contribution in [0.5, 0.6) is 5.75 Å². The highest BCUT2D eigenvalue weighted by molar-refractivity contribution is 5.52. The fourth-order valence-electron chi connectivity index (χ4n) is 2.00. The lowest BCUT2D eigenvalue weighted by Crippen LogP contribution is -1.84. The normalized spacial score (nSPS) is 11.5. The van der Waals surface area contributed by atoms with Gasteiger partial charge in [-0.3, -0.25) is 4.40 Å². The third-order valence-corrected chi connectivity index (χ3v) is 3.02. The highest BCUT2D eigenvalue weighted by Crippen LogP contribution is 2.24. The van der Waals surface area contributed by atoms with E-state index >= 15 is 0 Å². The maximum Gasteiger partial charge on any atom is 0.182 e. The molecule has 3 aromatic rings. The quantitative estimate of drug-likeness (QED) is 0.710. The molecule has 0 bridgehead atoms. The number of phenols is 1. The molecule has 5 heteroatoms. The first-order chi connectivity index (χ1) is 9.63. The van der Waals surface area contributed by atoms with E-state index < -0.39 is 0 Å². The van der Waals surface area contributed by atoms with E-state index in [4.69, 9.17) is 0 Å². The Bertz CT molecular complexity index is 787. The van der Waals surface area contributed by atoms with Gasteiger partial charge in [0.2, 0.25) is 0 Å². The lowest BCUT2D eigenvalue weighted by molar-refractivity contribution is 0.475. The number of aryl methyl sites for hydroxylation is 2. The van der Waals surface area contributed by atoms with E-state index in [2.05, 4.69) is 15.2 Å². The van der Waals surface area contributed by atoms with Gasteiger partial charge in [0.1, 0.15) is 11.4 Å². The molecule has 1 aromatic carbocycles. The summed E-state index contributed by atoms with van der Waals surface area (Å²) in [7, 11) is 0. The first-order valence-electron chi connectivity index (χ1n) is 6.29. The molecule has 0 unspecified atom stereocenters. The summed E-state index contributed by atoms with van der Waals surface area (Å²) in [4.78, 5) is 4.45. The Kier molecular flexibility index (Phi) is 2.95. The van der Waals surface area contributed by atoms with Crippen molar-refractivity contribution in [2.24, 2.45) is 10.2 Å². The number of azo groups is 1. The minimum absolute atomic E-state index is 0.213. The average molecular weight is 266 g/mol. The van der Waals surface area contributed by atoms with Crippen LogP contribution in [0.15, 0.2) is 52.8 Å². The molecule has 0 radical (unpaired) electrons. The van der Waals surface area contributed by atoms with Crippen molar-refractivity contribution in [2.75, 3.05) is 0 Å². The van der Waals surface area contributed by atoms with Crippen molar-refractivity contribution >= 4 is 17.2 Å². The van der Waals surface area contributed by atoms with E-state index in [1.807, 2.05) is 36.6 Å². The molecule has 0 saturated heterocycles.